The Balaban J connectivity index is 1.34. The predicted molar refractivity (Wildman–Crippen MR) is 117 cm³/mol. The van der Waals surface area contributed by atoms with E-state index in [1.54, 1.807) is 31.2 Å². The Kier molecular flexibility index (Phi) is 5.93. The summed E-state index contributed by atoms with van der Waals surface area (Å²) in [4.78, 5) is 36.2. The second kappa shape index (κ2) is 8.79. The summed E-state index contributed by atoms with van der Waals surface area (Å²) in [6.45, 7) is 1.63. The van der Waals surface area contributed by atoms with E-state index in [0.29, 0.717) is 30.2 Å². The Hall–Kier alpha value is -3.35. The van der Waals surface area contributed by atoms with Gasteiger partial charge in [-0.05, 0) is 74.4 Å². The first-order valence-corrected chi connectivity index (χ1v) is 10.7. The third kappa shape index (κ3) is 4.87. The van der Waals surface area contributed by atoms with Crippen LogP contribution in [0.4, 0.5) is 10.5 Å². The lowest BCUT2D eigenvalue weighted by Gasteiger charge is -2.21. The first-order valence-electron chi connectivity index (χ1n) is 10.7. The van der Waals surface area contributed by atoms with E-state index in [4.69, 9.17) is 4.74 Å². The summed E-state index contributed by atoms with van der Waals surface area (Å²) < 4.78 is 6.04. The number of rotatable bonds is 7. The zero-order chi connectivity index (χ0) is 21.8. The molecule has 1 aliphatic carbocycles. The molecule has 1 saturated carbocycles. The minimum atomic E-state index is -1.16. The highest BCUT2D eigenvalue weighted by molar-refractivity contribution is 6.07. The fourth-order valence-electron chi connectivity index (χ4n) is 4.11. The second-order valence-corrected chi connectivity index (χ2v) is 8.33. The number of amides is 4. The number of anilines is 1. The summed E-state index contributed by atoms with van der Waals surface area (Å²) >= 11 is 0. The molecule has 4 amide bonds. The van der Waals surface area contributed by atoms with Crippen molar-refractivity contribution in [2.45, 2.75) is 57.1 Å². The highest BCUT2D eigenvalue weighted by atomic mass is 16.5. The Labute approximate surface area is 181 Å². The summed E-state index contributed by atoms with van der Waals surface area (Å²) in [5.74, 6) is 0.327. The summed E-state index contributed by atoms with van der Waals surface area (Å²) in [6, 6.07) is 14.4. The maximum atomic E-state index is 12.5. The van der Waals surface area contributed by atoms with Crippen molar-refractivity contribution < 1.29 is 19.1 Å². The predicted octanol–water partition coefficient (Wildman–Crippen LogP) is 3.63. The maximum Gasteiger partial charge on any atom is 0.322 e. The molecule has 31 heavy (non-hydrogen) atoms. The number of aryl methyl sites for hydroxylation is 1. The smallest absolute Gasteiger partial charge is 0.322 e. The largest absolute Gasteiger partial charge is 0.490 e. The van der Waals surface area contributed by atoms with Gasteiger partial charge in [-0.3, -0.25) is 14.9 Å². The molecule has 0 aromatic heterocycles. The number of urea groups is 1. The van der Waals surface area contributed by atoms with Crippen LogP contribution in [0.5, 0.6) is 5.75 Å². The number of imide groups is 1. The number of carbonyl (C=O) groups is 3. The summed E-state index contributed by atoms with van der Waals surface area (Å²) in [5.41, 5.74) is 1.08. The van der Waals surface area contributed by atoms with E-state index >= 15 is 0 Å². The fourth-order valence-corrected chi connectivity index (χ4v) is 4.11. The lowest BCUT2D eigenvalue weighted by Crippen LogP contribution is -2.40. The Morgan fingerprint density at radius 2 is 1.90 bits per heavy atom. The molecule has 0 radical (unpaired) electrons. The summed E-state index contributed by atoms with van der Waals surface area (Å²) in [7, 11) is 0. The first-order chi connectivity index (χ1) is 14.9. The molecule has 1 unspecified atom stereocenters. The lowest BCUT2D eigenvalue weighted by molar-refractivity contribution is -0.123. The Morgan fingerprint density at radius 3 is 2.65 bits per heavy atom. The maximum absolute atomic E-state index is 12.5. The number of carbonyl (C=O) groups excluding carboxylic acids is 3. The number of hydrogen-bond acceptors (Lipinski definition) is 4. The van der Waals surface area contributed by atoms with Gasteiger partial charge in [0, 0.05) is 12.1 Å². The molecule has 7 nitrogen and oxygen atoms in total. The molecular formula is C24H27N3O4. The van der Waals surface area contributed by atoms with Crippen LogP contribution in [0.2, 0.25) is 0 Å². The van der Waals surface area contributed by atoms with Crippen LogP contribution in [0.3, 0.4) is 0 Å². The Morgan fingerprint density at radius 1 is 1.13 bits per heavy atom. The third-order valence-electron chi connectivity index (χ3n) is 5.91. The van der Waals surface area contributed by atoms with E-state index in [0.717, 1.165) is 24.2 Å². The van der Waals surface area contributed by atoms with Crippen LogP contribution in [0.1, 0.15) is 50.2 Å². The van der Waals surface area contributed by atoms with Crippen LogP contribution in [-0.4, -0.2) is 23.9 Å². The molecule has 2 aliphatic rings. The second-order valence-electron chi connectivity index (χ2n) is 8.33. The highest BCUT2D eigenvalue weighted by Crippen LogP contribution is 2.27. The molecule has 0 bridgehead atoms. The number of hydrogen-bond donors (Lipinski definition) is 3. The standard InChI is InChI=1S/C24H27N3O4/c1-24(22(29)26-23(30)27-24)17-7-5-8-18(15-17)25-21(28)13-12-16-6-4-11-20(14-16)31-19-9-2-3-10-19/h4-8,11,14-15,19H,2-3,9-10,12-13H2,1H3,(H,25,28)(H2,26,27,29,30). The van der Waals surface area contributed by atoms with Crippen molar-refractivity contribution in [1.82, 2.24) is 10.6 Å². The van der Waals surface area contributed by atoms with Gasteiger partial charge in [-0.25, -0.2) is 4.79 Å². The van der Waals surface area contributed by atoms with Gasteiger partial charge in [0.25, 0.3) is 5.91 Å². The van der Waals surface area contributed by atoms with Crippen LogP contribution in [0, 0.1) is 0 Å². The van der Waals surface area contributed by atoms with Gasteiger partial charge in [-0.15, -0.1) is 0 Å². The first kappa shape index (κ1) is 20.9. The van der Waals surface area contributed by atoms with Crippen molar-refractivity contribution in [1.29, 1.82) is 0 Å². The SMILES string of the molecule is CC1(c2cccc(NC(=O)CCc3cccc(OC4CCCC4)c3)c2)NC(=O)NC1=O. The summed E-state index contributed by atoms with van der Waals surface area (Å²) in [6.07, 6.45) is 5.89. The van der Waals surface area contributed by atoms with E-state index in [-0.39, 0.29) is 5.91 Å². The molecular weight excluding hydrogens is 394 g/mol. The molecule has 4 rings (SSSR count). The van der Waals surface area contributed by atoms with Gasteiger partial charge >= 0.3 is 6.03 Å². The quantitative estimate of drug-likeness (QED) is 0.595. The van der Waals surface area contributed by atoms with Crippen molar-refractivity contribution in [3.63, 3.8) is 0 Å². The van der Waals surface area contributed by atoms with Crippen LogP contribution in [0.25, 0.3) is 0 Å². The van der Waals surface area contributed by atoms with Crippen LogP contribution in [0.15, 0.2) is 48.5 Å². The molecule has 1 atom stereocenters. The molecule has 0 spiro atoms. The average Bonchev–Trinajstić information content (AvgIpc) is 3.34. The van der Waals surface area contributed by atoms with Gasteiger partial charge in [0.1, 0.15) is 11.3 Å². The number of ether oxygens (including phenoxy) is 1. The normalized spacial score (nSPS) is 20.9. The average molecular weight is 421 g/mol. The van der Waals surface area contributed by atoms with E-state index in [1.807, 2.05) is 24.3 Å². The molecule has 2 aromatic rings. The molecule has 1 heterocycles. The lowest BCUT2D eigenvalue weighted by atomic mass is 9.92. The van der Waals surface area contributed by atoms with Crippen LogP contribution in [-0.2, 0) is 21.5 Å². The van der Waals surface area contributed by atoms with E-state index < -0.39 is 17.5 Å². The van der Waals surface area contributed by atoms with Gasteiger partial charge in [-0.2, -0.15) is 0 Å². The number of benzene rings is 2. The van der Waals surface area contributed by atoms with Gasteiger partial charge < -0.3 is 15.4 Å². The van der Waals surface area contributed by atoms with Gasteiger partial charge in [0.2, 0.25) is 5.91 Å². The van der Waals surface area contributed by atoms with Gasteiger partial charge in [-0.1, -0.05) is 24.3 Å². The van der Waals surface area contributed by atoms with Crippen molar-refractivity contribution in [2.24, 2.45) is 0 Å². The van der Waals surface area contributed by atoms with Crippen molar-refractivity contribution in [3.05, 3.63) is 59.7 Å². The molecule has 7 heteroatoms. The molecule has 162 valence electrons. The third-order valence-corrected chi connectivity index (χ3v) is 5.91. The summed E-state index contributed by atoms with van der Waals surface area (Å²) in [5, 5.41) is 7.75. The number of nitrogens with one attached hydrogen (secondary N) is 3. The molecule has 2 fully saturated rings. The Bertz CT molecular complexity index is 1000. The zero-order valence-electron chi connectivity index (χ0n) is 17.6. The van der Waals surface area contributed by atoms with Crippen molar-refractivity contribution >= 4 is 23.5 Å². The van der Waals surface area contributed by atoms with E-state index in [1.165, 1.54) is 12.8 Å². The van der Waals surface area contributed by atoms with E-state index in [9.17, 15) is 14.4 Å². The minimum Gasteiger partial charge on any atom is -0.490 e. The molecule has 3 N–H and O–H groups in total. The topological polar surface area (TPSA) is 96.5 Å². The van der Waals surface area contributed by atoms with Gasteiger partial charge in [0.05, 0.1) is 6.10 Å². The monoisotopic (exact) mass is 421 g/mol. The van der Waals surface area contributed by atoms with Crippen LogP contribution < -0.4 is 20.7 Å². The molecule has 1 aliphatic heterocycles. The van der Waals surface area contributed by atoms with Gasteiger partial charge in [0.15, 0.2) is 0 Å². The minimum absolute atomic E-state index is 0.121. The van der Waals surface area contributed by atoms with E-state index in [2.05, 4.69) is 16.0 Å². The molecule has 1 saturated heterocycles. The van der Waals surface area contributed by atoms with Crippen molar-refractivity contribution in [3.8, 4) is 5.75 Å². The molecule has 2 aromatic carbocycles. The van der Waals surface area contributed by atoms with Crippen LogP contribution >= 0.6 is 0 Å². The fraction of sp³-hybridized carbons (Fsp3) is 0.375. The zero-order valence-corrected chi connectivity index (χ0v) is 17.6. The highest BCUT2D eigenvalue weighted by Gasteiger charge is 2.43. The van der Waals surface area contributed by atoms with Crippen molar-refractivity contribution in [2.75, 3.05) is 5.32 Å².